The molecule has 0 radical (unpaired) electrons. The second-order valence-electron chi connectivity index (χ2n) is 5.66. The summed E-state index contributed by atoms with van der Waals surface area (Å²) in [6.45, 7) is 7.67. The summed E-state index contributed by atoms with van der Waals surface area (Å²) < 4.78 is 0. The van der Waals surface area contributed by atoms with Gasteiger partial charge < -0.3 is 10.4 Å². The van der Waals surface area contributed by atoms with Crippen molar-refractivity contribution >= 4 is 11.7 Å². The topological polar surface area (TPSA) is 74.0 Å². The molecule has 1 unspecified atom stereocenters. The lowest BCUT2D eigenvalue weighted by atomic mass is 10.1. The van der Waals surface area contributed by atoms with E-state index in [1.807, 2.05) is 62.4 Å². The Hall–Kier alpha value is -2.95. The molecule has 0 aliphatic rings. The third-order valence-corrected chi connectivity index (χ3v) is 3.56. The summed E-state index contributed by atoms with van der Waals surface area (Å²) in [5, 5.41) is 20.4. The lowest BCUT2D eigenvalue weighted by Crippen LogP contribution is -2.37. The maximum atomic E-state index is 11.4. The van der Waals surface area contributed by atoms with Crippen molar-refractivity contribution in [1.82, 2.24) is 5.32 Å². The Kier molecular flexibility index (Phi) is 5.84. The summed E-state index contributed by atoms with van der Waals surface area (Å²) in [6, 6.07) is 14.5. The van der Waals surface area contributed by atoms with Gasteiger partial charge in [-0.2, -0.15) is 0 Å². The lowest BCUT2D eigenvalue weighted by molar-refractivity contribution is -0.139. The molecule has 2 N–H and O–H groups in total. The highest BCUT2D eigenvalue weighted by atomic mass is 16.4. The zero-order valence-electron chi connectivity index (χ0n) is 13.9. The second kappa shape index (κ2) is 8.06. The van der Waals surface area contributed by atoms with Crippen LogP contribution in [0.25, 0.3) is 0 Å². The van der Waals surface area contributed by atoms with E-state index in [1.165, 1.54) is 0 Å². The lowest BCUT2D eigenvalue weighted by Gasteiger charge is -2.14. The minimum Gasteiger partial charge on any atom is -0.480 e. The smallest absolute Gasteiger partial charge is 0.326 e. The monoisotopic (exact) mass is 323 g/mol. The molecule has 0 amide bonds. The van der Waals surface area contributed by atoms with Crippen molar-refractivity contribution in [1.29, 1.82) is 0 Å². The van der Waals surface area contributed by atoms with Crippen LogP contribution < -0.4 is 5.32 Å². The van der Waals surface area contributed by atoms with Crippen LogP contribution in [0.4, 0.5) is 5.69 Å². The number of nitrogens with one attached hydrogen (secondary N) is 1. The van der Waals surface area contributed by atoms with E-state index in [9.17, 15) is 9.90 Å². The van der Waals surface area contributed by atoms with Crippen molar-refractivity contribution in [3.05, 3.63) is 77.6 Å². The van der Waals surface area contributed by atoms with Gasteiger partial charge in [0.1, 0.15) is 11.9 Å². The number of carboxylic acid groups (broad SMARTS) is 1. The van der Waals surface area contributed by atoms with Gasteiger partial charge in [-0.1, -0.05) is 49.0 Å². The van der Waals surface area contributed by atoms with E-state index >= 15 is 0 Å². The van der Waals surface area contributed by atoms with Crippen molar-refractivity contribution < 1.29 is 9.90 Å². The molecule has 0 heterocycles. The molecule has 124 valence electrons. The Balaban J connectivity index is 2.04. The van der Waals surface area contributed by atoms with Crippen LogP contribution in [-0.4, -0.2) is 17.1 Å². The highest BCUT2D eigenvalue weighted by molar-refractivity contribution is 5.74. The fourth-order valence-corrected chi connectivity index (χ4v) is 2.22. The minimum absolute atomic E-state index is 0.222. The molecule has 0 spiro atoms. The van der Waals surface area contributed by atoms with Crippen LogP contribution in [0.5, 0.6) is 0 Å². The van der Waals surface area contributed by atoms with Gasteiger partial charge in [0.25, 0.3) is 0 Å². The average Bonchev–Trinajstić information content (AvgIpc) is 2.56. The highest BCUT2D eigenvalue weighted by Crippen LogP contribution is 2.20. The van der Waals surface area contributed by atoms with Gasteiger partial charge in [0.2, 0.25) is 0 Å². The number of rotatable bonds is 7. The highest BCUT2D eigenvalue weighted by Gasteiger charge is 2.18. The predicted molar refractivity (Wildman–Crippen MR) is 94.3 cm³/mol. The predicted octanol–water partition coefficient (Wildman–Crippen LogP) is 4.14. The van der Waals surface area contributed by atoms with E-state index in [4.69, 9.17) is 0 Å². The van der Waals surface area contributed by atoms with E-state index in [1.54, 1.807) is 0 Å². The molecule has 5 nitrogen and oxygen atoms in total. The van der Waals surface area contributed by atoms with Crippen molar-refractivity contribution in [3.8, 4) is 0 Å². The number of benzene rings is 2. The van der Waals surface area contributed by atoms with Gasteiger partial charge in [-0.15, -0.1) is 10.2 Å². The molecular formula is C19H21N3O2. The maximum Gasteiger partial charge on any atom is 0.326 e. The number of aryl methyl sites for hydroxylation is 2. The minimum atomic E-state index is -0.957. The normalized spacial score (nSPS) is 12.1. The van der Waals surface area contributed by atoms with Crippen molar-refractivity contribution in [2.75, 3.05) is 0 Å². The van der Waals surface area contributed by atoms with E-state index in [-0.39, 0.29) is 5.82 Å². The summed E-state index contributed by atoms with van der Waals surface area (Å²) in [4.78, 5) is 11.4. The first-order valence-electron chi connectivity index (χ1n) is 7.67. The van der Waals surface area contributed by atoms with Crippen molar-refractivity contribution in [3.63, 3.8) is 0 Å². The van der Waals surface area contributed by atoms with Gasteiger partial charge in [-0.3, -0.25) is 0 Å². The Morgan fingerprint density at radius 1 is 1.21 bits per heavy atom. The Labute approximate surface area is 141 Å². The first-order valence-corrected chi connectivity index (χ1v) is 7.67. The fourth-order valence-electron chi connectivity index (χ4n) is 2.22. The van der Waals surface area contributed by atoms with Crippen LogP contribution >= 0.6 is 0 Å². The number of aliphatic carboxylic acids is 1. The van der Waals surface area contributed by atoms with Gasteiger partial charge in [-0.25, -0.2) is 4.79 Å². The van der Waals surface area contributed by atoms with E-state index < -0.39 is 12.0 Å². The summed E-state index contributed by atoms with van der Waals surface area (Å²) in [7, 11) is 0. The number of carboxylic acids is 1. The molecule has 5 heteroatoms. The number of hydrogen-bond acceptors (Lipinski definition) is 4. The van der Waals surface area contributed by atoms with Crippen molar-refractivity contribution in [2.24, 2.45) is 10.2 Å². The van der Waals surface area contributed by atoms with Crippen LogP contribution in [-0.2, 0) is 11.2 Å². The Morgan fingerprint density at radius 3 is 2.58 bits per heavy atom. The summed E-state index contributed by atoms with van der Waals surface area (Å²) in [5.41, 5.74) is 3.75. The Morgan fingerprint density at radius 2 is 1.92 bits per heavy atom. The largest absolute Gasteiger partial charge is 0.480 e. The summed E-state index contributed by atoms with van der Waals surface area (Å²) in [6.07, 6.45) is 0.341. The number of carbonyl (C=O) groups is 1. The third kappa shape index (κ3) is 5.05. The molecule has 0 saturated heterocycles. The van der Waals surface area contributed by atoms with Crippen LogP contribution in [0.15, 0.2) is 71.2 Å². The maximum absolute atomic E-state index is 11.4. The standard InChI is InChI=1S/C19H21N3O2/c1-13-9-10-14(2)17(11-13)22-21-15(3)20-18(19(23)24)12-16-7-5-4-6-8-16/h4-11,18,20H,3,12H2,1-2H3,(H,23,24). The first kappa shape index (κ1) is 17.4. The first-order chi connectivity index (χ1) is 11.5. The molecule has 2 aromatic rings. The molecular weight excluding hydrogens is 302 g/mol. The Bertz CT molecular complexity index is 754. The van der Waals surface area contributed by atoms with Gasteiger partial charge in [0, 0.05) is 6.42 Å². The van der Waals surface area contributed by atoms with Gasteiger partial charge in [0.15, 0.2) is 0 Å². The fraction of sp³-hybridized carbons (Fsp3) is 0.211. The van der Waals surface area contributed by atoms with Gasteiger partial charge in [0.05, 0.1) is 5.69 Å². The molecule has 0 fully saturated rings. The molecule has 0 aliphatic heterocycles. The van der Waals surface area contributed by atoms with Gasteiger partial charge >= 0.3 is 5.97 Å². The molecule has 0 aliphatic carbocycles. The van der Waals surface area contributed by atoms with Crippen molar-refractivity contribution in [2.45, 2.75) is 26.3 Å². The quantitative estimate of drug-likeness (QED) is 0.752. The second-order valence-corrected chi connectivity index (χ2v) is 5.66. The average molecular weight is 323 g/mol. The van der Waals surface area contributed by atoms with Crippen LogP contribution in [0, 0.1) is 13.8 Å². The third-order valence-electron chi connectivity index (χ3n) is 3.56. The molecule has 2 aromatic carbocycles. The zero-order chi connectivity index (χ0) is 17.5. The number of azo groups is 1. The van der Waals surface area contributed by atoms with E-state index in [0.717, 1.165) is 22.4 Å². The van der Waals surface area contributed by atoms with E-state index in [0.29, 0.717) is 6.42 Å². The number of nitrogens with zero attached hydrogens (tertiary/aromatic N) is 2. The summed E-state index contributed by atoms with van der Waals surface area (Å²) >= 11 is 0. The molecule has 24 heavy (non-hydrogen) atoms. The SMILES string of the molecule is C=C(N=Nc1cc(C)ccc1C)NC(Cc1ccccc1)C(=O)O. The molecule has 0 aromatic heterocycles. The van der Waals surface area contributed by atoms with Crippen LogP contribution in [0.3, 0.4) is 0 Å². The number of hydrogen-bond donors (Lipinski definition) is 2. The zero-order valence-corrected chi connectivity index (χ0v) is 13.9. The van der Waals surface area contributed by atoms with Crippen LogP contribution in [0.2, 0.25) is 0 Å². The molecule has 0 saturated carbocycles. The molecule has 0 bridgehead atoms. The summed E-state index contributed by atoms with van der Waals surface area (Å²) in [5.74, 6) is -0.735. The van der Waals surface area contributed by atoms with Crippen LogP contribution in [0.1, 0.15) is 16.7 Å². The van der Waals surface area contributed by atoms with E-state index in [2.05, 4.69) is 22.1 Å². The van der Waals surface area contributed by atoms with Gasteiger partial charge in [-0.05, 0) is 36.6 Å². The molecule has 2 rings (SSSR count). The molecule has 1 atom stereocenters.